The van der Waals surface area contributed by atoms with Crippen LogP contribution in [0.2, 0.25) is 5.02 Å². The molecule has 0 atom stereocenters. The van der Waals surface area contributed by atoms with Crippen LogP contribution in [0.3, 0.4) is 0 Å². The SMILES string of the molecule is COCCCOc1cc2ncc(C(=O)N(C)C)c(Cl)c2cc1Br. The lowest BCUT2D eigenvalue weighted by atomic mass is 10.1. The van der Waals surface area contributed by atoms with Gasteiger partial charge in [-0.3, -0.25) is 9.78 Å². The van der Waals surface area contributed by atoms with Gasteiger partial charge in [0.15, 0.2) is 0 Å². The van der Waals surface area contributed by atoms with Crippen molar-refractivity contribution in [1.29, 1.82) is 0 Å². The zero-order valence-electron chi connectivity index (χ0n) is 13.2. The first kappa shape index (κ1) is 18.0. The number of rotatable bonds is 6. The third-order valence-corrected chi connectivity index (χ3v) is 4.27. The van der Waals surface area contributed by atoms with E-state index in [9.17, 15) is 4.79 Å². The first-order valence-corrected chi connectivity index (χ1v) is 8.24. The number of amides is 1. The first-order chi connectivity index (χ1) is 11.0. The molecule has 1 aromatic heterocycles. The van der Waals surface area contributed by atoms with Gasteiger partial charge in [-0.1, -0.05) is 11.6 Å². The van der Waals surface area contributed by atoms with E-state index in [4.69, 9.17) is 21.1 Å². The van der Waals surface area contributed by atoms with Crippen LogP contribution < -0.4 is 4.74 Å². The second kappa shape index (κ2) is 7.95. The highest BCUT2D eigenvalue weighted by atomic mass is 79.9. The molecule has 0 N–H and O–H groups in total. The summed E-state index contributed by atoms with van der Waals surface area (Å²) < 4.78 is 11.5. The Hall–Kier alpha value is -1.37. The molecule has 0 aliphatic heterocycles. The summed E-state index contributed by atoms with van der Waals surface area (Å²) in [5.41, 5.74) is 1.06. The number of carbonyl (C=O) groups excluding carboxylic acids is 1. The third kappa shape index (κ3) is 4.13. The van der Waals surface area contributed by atoms with Crippen LogP contribution in [0.5, 0.6) is 5.75 Å². The molecule has 0 spiro atoms. The maximum atomic E-state index is 12.1. The summed E-state index contributed by atoms with van der Waals surface area (Å²) in [5, 5.41) is 1.09. The lowest BCUT2D eigenvalue weighted by Crippen LogP contribution is -2.22. The molecular weight excluding hydrogens is 384 g/mol. The molecule has 2 aromatic rings. The van der Waals surface area contributed by atoms with E-state index in [0.29, 0.717) is 40.5 Å². The Morgan fingerprint density at radius 1 is 1.35 bits per heavy atom. The number of hydrogen-bond acceptors (Lipinski definition) is 4. The van der Waals surface area contributed by atoms with Crippen molar-refractivity contribution in [2.24, 2.45) is 0 Å². The number of methoxy groups -OCH3 is 1. The minimum Gasteiger partial charge on any atom is -0.492 e. The van der Waals surface area contributed by atoms with Gasteiger partial charge in [0.05, 0.1) is 27.2 Å². The Morgan fingerprint density at radius 2 is 2.09 bits per heavy atom. The van der Waals surface area contributed by atoms with Crippen LogP contribution >= 0.6 is 27.5 Å². The zero-order chi connectivity index (χ0) is 17.0. The van der Waals surface area contributed by atoms with Crippen LogP contribution in [-0.2, 0) is 4.74 Å². The van der Waals surface area contributed by atoms with Gasteiger partial charge < -0.3 is 14.4 Å². The monoisotopic (exact) mass is 400 g/mol. The van der Waals surface area contributed by atoms with Crippen LogP contribution in [0, 0.1) is 0 Å². The van der Waals surface area contributed by atoms with Crippen LogP contribution in [0.4, 0.5) is 0 Å². The summed E-state index contributed by atoms with van der Waals surface area (Å²) in [6, 6.07) is 3.63. The fourth-order valence-corrected chi connectivity index (χ4v) is 2.79. The van der Waals surface area contributed by atoms with Crippen LogP contribution in [0.15, 0.2) is 22.8 Å². The summed E-state index contributed by atoms with van der Waals surface area (Å²) >= 11 is 9.86. The molecule has 0 fully saturated rings. The average molecular weight is 402 g/mol. The number of aromatic nitrogens is 1. The molecule has 0 bridgehead atoms. The fourth-order valence-electron chi connectivity index (χ4n) is 2.05. The standard InChI is InChI=1S/C16H18BrClN2O3/c1-20(2)16(21)11-9-19-13-8-14(23-6-4-5-22-3)12(17)7-10(13)15(11)18/h7-9H,4-6H2,1-3H3. The first-order valence-electron chi connectivity index (χ1n) is 7.07. The Bertz CT molecular complexity index is 722. The maximum absolute atomic E-state index is 12.1. The van der Waals surface area contributed by atoms with Gasteiger partial charge in [-0.15, -0.1) is 0 Å². The molecule has 0 radical (unpaired) electrons. The maximum Gasteiger partial charge on any atom is 0.256 e. The van der Waals surface area contributed by atoms with Crippen molar-refractivity contribution in [3.05, 3.63) is 33.4 Å². The smallest absolute Gasteiger partial charge is 0.256 e. The largest absolute Gasteiger partial charge is 0.492 e. The van der Waals surface area contributed by atoms with Gasteiger partial charge in [0.1, 0.15) is 5.75 Å². The van der Waals surface area contributed by atoms with Crippen LogP contribution in [0.25, 0.3) is 10.9 Å². The van der Waals surface area contributed by atoms with E-state index in [-0.39, 0.29) is 5.91 Å². The molecule has 0 unspecified atom stereocenters. The minimum atomic E-state index is -0.180. The van der Waals surface area contributed by atoms with Crippen LogP contribution in [0.1, 0.15) is 16.8 Å². The predicted molar refractivity (Wildman–Crippen MR) is 94.5 cm³/mol. The lowest BCUT2D eigenvalue weighted by Gasteiger charge is -2.14. The number of benzene rings is 1. The van der Waals surface area contributed by atoms with Gasteiger partial charge in [-0.05, 0) is 22.0 Å². The second-order valence-corrected chi connectivity index (χ2v) is 6.41. The van der Waals surface area contributed by atoms with Crippen molar-refractivity contribution in [3.8, 4) is 5.75 Å². The van der Waals surface area contributed by atoms with E-state index in [0.717, 1.165) is 10.9 Å². The van der Waals surface area contributed by atoms with Gasteiger partial charge in [0, 0.05) is 51.9 Å². The second-order valence-electron chi connectivity index (χ2n) is 5.18. The highest BCUT2D eigenvalue weighted by molar-refractivity contribution is 9.10. The Balaban J connectivity index is 2.35. The Morgan fingerprint density at radius 3 is 2.74 bits per heavy atom. The summed E-state index contributed by atoms with van der Waals surface area (Å²) in [6.45, 7) is 1.19. The van der Waals surface area contributed by atoms with Crippen molar-refractivity contribution in [2.45, 2.75) is 6.42 Å². The molecule has 124 valence electrons. The van der Waals surface area contributed by atoms with Crippen LogP contribution in [-0.4, -0.2) is 50.2 Å². The van der Waals surface area contributed by atoms with Gasteiger partial charge in [0.25, 0.3) is 5.91 Å². The molecule has 1 amide bonds. The summed E-state index contributed by atoms with van der Waals surface area (Å²) in [7, 11) is 5.01. The topological polar surface area (TPSA) is 51.7 Å². The average Bonchev–Trinajstić information content (AvgIpc) is 2.52. The van der Waals surface area contributed by atoms with E-state index < -0.39 is 0 Å². The van der Waals surface area contributed by atoms with Crippen molar-refractivity contribution in [2.75, 3.05) is 34.4 Å². The normalized spacial score (nSPS) is 10.8. The molecule has 2 rings (SSSR count). The number of pyridine rings is 1. The molecule has 0 aliphatic carbocycles. The number of nitrogens with zero attached hydrogens (tertiary/aromatic N) is 2. The number of hydrogen-bond donors (Lipinski definition) is 0. The van der Waals surface area contributed by atoms with Crippen molar-refractivity contribution < 1.29 is 14.3 Å². The molecular formula is C16H18BrClN2O3. The van der Waals surface area contributed by atoms with Gasteiger partial charge in [-0.2, -0.15) is 0 Å². The van der Waals surface area contributed by atoms with E-state index in [1.165, 1.54) is 11.1 Å². The molecule has 7 heteroatoms. The number of fused-ring (bicyclic) bond motifs is 1. The highest BCUT2D eigenvalue weighted by Crippen LogP contribution is 2.34. The molecule has 0 saturated heterocycles. The minimum absolute atomic E-state index is 0.180. The summed E-state index contributed by atoms with van der Waals surface area (Å²) in [6.07, 6.45) is 2.29. The van der Waals surface area contributed by atoms with Gasteiger partial charge >= 0.3 is 0 Å². The van der Waals surface area contributed by atoms with E-state index in [2.05, 4.69) is 20.9 Å². The molecule has 0 aliphatic rings. The number of carbonyl (C=O) groups is 1. The highest BCUT2D eigenvalue weighted by Gasteiger charge is 2.17. The van der Waals surface area contributed by atoms with E-state index >= 15 is 0 Å². The molecule has 0 saturated carbocycles. The zero-order valence-corrected chi connectivity index (χ0v) is 15.6. The predicted octanol–water partition coefficient (Wildman–Crippen LogP) is 3.77. The molecule has 23 heavy (non-hydrogen) atoms. The van der Waals surface area contributed by atoms with Gasteiger partial charge in [-0.25, -0.2) is 0 Å². The van der Waals surface area contributed by atoms with Gasteiger partial charge in [0.2, 0.25) is 0 Å². The number of halogens is 2. The molecule has 5 nitrogen and oxygen atoms in total. The summed E-state index contributed by atoms with van der Waals surface area (Å²) in [4.78, 5) is 17.9. The van der Waals surface area contributed by atoms with Crippen molar-refractivity contribution >= 4 is 44.3 Å². The Labute approximate surface area is 148 Å². The molecule has 1 aromatic carbocycles. The lowest BCUT2D eigenvalue weighted by molar-refractivity contribution is 0.0827. The summed E-state index contributed by atoms with van der Waals surface area (Å²) in [5.74, 6) is 0.504. The van der Waals surface area contributed by atoms with Crippen molar-refractivity contribution in [1.82, 2.24) is 9.88 Å². The van der Waals surface area contributed by atoms with E-state index in [1.807, 2.05) is 12.1 Å². The Kier molecular flexibility index (Phi) is 6.21. The molecule has 1 heterocycles. The van der Waals surface area contributed by atoms with E-state index in [1.54, 1.807) is 21.2 Å². The number of ether oxygens (including phenoxy) is 2. The van der Waals surface area contributed by atoms with Crippen molar-refractivity contribution in [3.63, 3.8) is 0 Å². The quantitative estimate of drug-likeness (QED) is 0.692. The third-order valence-electron chi connectivity index (χ3n) is 3.24. The fraction of sp³-hybridized carbons (Fsp3) is 0.375.